The van der Waals surface area contributed by atoms with Crippen LogP contribution in [0.5, 0.6) is 0 Å². The molecule has 3 aromatic rings. The predicted octanol–water partition coefficient (Wildman–Crippen LogP) is 4.91. The van der Waals surface area contributed by atoms with Crippen LogP contribution in [0.25, 0.3) is 16.3 Å². The predicted molar refractivity (Wildman–Crippen MR) is 93.5 cm³/mol. The van der Waals surface area contributed by atoms with Gasteiger partial charge in [0.2, 0.25) is 5.91 Å². The summed E-state index contributed by atoms with van der Waals surface area (Å²) in [6.45, 7) is 1.90. The lowest BCUT2D eigenvalue weighted by molar-refractivity contribution is -0.111. The van der Waals surface area contributed by atoms with Gasteiger partial charge in [0.1, 0.15) is 5.01 Å². The number of thiazole rings is 1. The molecule has 1 amide bonds. The van der Waals surface area contributed by atoms with Crippen LogP contribution in [0.15, 0.2) is 48.5 Å². The first kappa shape index (κ1) is 14.8. The first-order valence-electron chi connectivity index (χ1n) is 6.72. The van der Waals surface area contributed by atoms with E-state index in [2.05, 4.69) is 10.3 Å². The number of anilines is 1. The van der Waals surface area contributed by atoms with E-state index < -0.39 is 0 Å². The maximum atomic E-state index is 12.0. The van der Waals surface area contributed by atoms with Crippen molar-refractivity contribution < 1.29 is 4.79 Å². The summed E-state index contributed by atoms with van der Waals surface area (Å²) in [5, 5.41) is 4.30. The largest absolute Gasteiger partial charge is 0.322 e. The number of hydrogen-bond donors (Lipinski definition) is 1. The Labute approximate surface area is 137 Å². The molecule has 1 heterocycles. The Morgan fingerprint density at radius 1 is 1.27 bits per heavy atom. The van der Waals surface area contributed by atoms with Gasteiger partial charge in [0.15, 0.2) is 0 Å². The molecule has 3 rings (SSSR count). The number of nitrogens with one attached hydrogen (secondary N) is 1. The highest BCUT2D eigenvalue weighted by atomic mass is 35.5. The summed E-state index contributed by atoms with van der Waals surface area (Å²) in [6.07, 6.45) is 3.22. The Morgan fingerprint density at radius 3 is 2.86 bits per heavy atom. The molecule has 0 aliphatic heterocycles. The molecule has 0 aliphatic carbocycles. The van der Waals surface area contributed by atoms with Gasteiger partial charge in [0, 0.05) is 16.8 Å². The number of para-hydroxylation sites is 1. The fourth-order valence-electron chi connectivity index (χ4n) is 2.05. The molecule has 0 fully saturated rings. The quantitative estimate of drug-likeness (QED) is 0.694. The van der Waals surface area contributed by atoms with Crippen molar-refractivity contribution >= 4 is 50.8 Å². The van der Waals surface area contributed by atoms with Crippen molar-refractivity contribution in [2.75, 3.05) is 5.32 Å². The zero-order chi connectivity index (χ0) is 15.5. The second-order valence-electron chi connectivity index (χ2n) is 4.80. The van der Waals surface area contributed by atoms with E-state index in [1.54, 1.807) is 29.5 Å². The number of aromatic nitrogens is 1. The first-order chi connectivity index (χ1) is 10.6. The first-order valence-corrected chi connectivity index (χ1v) is 7.92. The minimum absolute atomic E-state index is 0.190. The van der Waals surface area contributed by atoms with Gasteiger partial charge in [0.05, 0.1) is 10.2 Å². The van der Waals surface area contributed by atoms with Crippen molar-refractivity contribution in [1.29, 1.82) is 0 Å². The van der Waals surface area contributed by atoms with E-state index in [0.29, 0.717) is 5.02 Å². The zero-order valence-electron chi connectivity index (χ0n) is 11.8. The molecule has 5 heteroatoms. The number of carbonyl (C=O) groups is 1. The van der Waals surface area contributed by atoms with Crippen molar-refractivity contribution in [3.8, 4) is 0 Å². The lowest BCUT2D eigenvalue weighted by Crippen LogP contribution is -2.08. The average Bonchev–Trinajstić information content (AvgIpc) is 2.91. The van der Waals surface area contributed by atoms with E-state index in [4.69, 9.17) is 11.6 Å². The third-order valence-electron chi connectivity index (χ3n) is 3.13. The van der Waals surface area contributed by atoms with E-state index in [-0.39, 0.29) is 5.91 Å². The van der Waals surface area contributed by atoms with Crippen molar-refractivity contribution in [2.24, 2.45) is 0 Å². The fourth-order valence-corrected chi connectivity index (χ4v) is 3.15. The molecule has 1 aromatic heterocycles. The van der Waals surface area contributed by atoms with Gasteiger partial charge in [-0.1, -0.05) is 23.7 Å². The maximum Gasteiger partial charge on any atom is 0.248 e. The molecule has 0 bridgehead atoms. The van der Waals surface area contributed by atoms with Crippen LogP contribution in [-0.4, -0.2) is 10.9 Å². The molecule has 0 spiro atoms. The number of hydrogen-bond acceptors (Lipinski definition) is 3. The highest BCUT2D eigenvalue weighted by Gasteiger charge is 2.04. The Hall–Kier alpha value is -2.17. The molecule has 0 saturated heterocycles. The van der Waals surface area contributed by atoms with Gasteiger partial charge in [-0.25, -0.2) is 4.98 Å². The van der Waals surface area contributed by atoms with Crippen molar-refractivity contribution in [2.45, 2.75) is 6.92 Å². The topological polar surface area (TPSA) is 42.0 Å². The number of carbonyl (C=O) groups excluding carboxylic acids is 1. The molecular formula is C17H13ClN2OS. The number of rotatable bonds is 3. The Balaban J connectivity index is 1.73. The summed E-state index contributed by atoms with van der Waals surface area (Å²) < 4.78 is 1.11. The highest BCUT2D eigenvalue weighted by molar-refractivity contribution is 7.19. The molecule has 110 valence electrons. The average molecular weight is 329 g/mol. The van der Waals surface area contributed by atoms with E-state index >= 15 is 0 Å². The van der Waals surface area contributed by atoms with Crippen molar-refractivity contribution in [3.63, 3.8) is 0 Å². The SMILES string of the molecule is Cc1cc(Cl)ccc1NC(=O)C=Cc1nc2ccccc2s1. The number of amides is 1. The standard InChI is InChI=1S/C17H13ClN2OS/c1-11-10-12(18)6-7-13(11)19-16(21)8-9-17-20-14-4-2-3-5-15(14)22-17/h2-10H,1H3,(H,19,21). The Bertz CT molecular complexity index is 837. The van der Waals surface area contributed by atoms with Crippen LogP contribution in [0.3, 0.4) is 0 Å². The van der Waals surface area contributed by atoms with Crippen LogP contribution in [0.4, 0.5) is 5.69 Å². The van der Waals surface area contributed by atoms with E-state index in [0.717, 1.165) is 26.5 Å². The summed E-state index contributed by atoms with van der Waals surface area (Å²) in [4.78, 5) is 16.4. The lowest BCUT2D eigenvalue weighted by Gasteiger charge is -2.06. The molecule has 0 radical (unpaired) electrons. The zero-order valence-corrected chi connectivity index (χ0v) is 13.4. The Kier molecular flexibility index (Phi) is 4.22. The minimum atomic E-state index is -0.190. The third kappa shape index (κ3) is 3.35. The maximum absolute atomic E-state index is 12.0. The normalized spacial score (nSPS) is 11.2. The van der Waals surface area contributed by atoms with Gasteiger partial charge in [-0.3, -0.25) is 4.79 Å². The number of nitrogens with zero attached hydrogens (tertiary/aromatic N) is 1. The van der Waals surface area contributed by atoms with Gasteiger partial charge in [-0.05, 0) is 48.9 Å². The van der Waals surface area contributed by atoms with Crippen LogP contribution >= 0.6 is 22.9 Å². The summed E-state index contributed by atoms with van der Waals surface area (Å²) in [7, 11) is 0. The third-order valence-corrected chi connectivity index (χ3v) is 4.37. The number of benzene rings is 2. The van der Waals surface area contributed by atoms with Gasteiger partial charge in [-0.2, -0.15) is 0 Å². The second-order valence-corrected chi connectivity index (χ2v) is 6.30. The fraction of sp³-hybridized carbons (Fsp3) is 0.0588. The summed E-state index contributed by atoms with van der Waals surface area (Å²) in [5.41, 5.74) is 2.62. The van der Waals surface area contributed by atoms with Crippen LogP contribution in [-0.2, 0) is 4.79 Å². The minimum Gasteiger partial charge on any atom is -0.322 e. The van der Waals surface area contributed by atoms with Crippen LogP contribution < -0.4 is 5.32 Å². The van der Waals surface area contributed by atoms with Crippen LogP contribution in [0, 0.1) is 6.92 Å². The van der Waals surface area contributed by atoms with Crippen LogP contribution in [0.2, 0.25) is 5.02 Å². The summed E-state index contributed by atoms with van der Waals surface area (Å²) in [6, 6.07) is 13.3. The summed E-state index contributed by atoms with van der Waals surface area (Å²) in [5.74, 6) is -0.190. The molecule has 2 aromatic carbocycles. The molecule has 1 N–H and O–H groups in total. The van der Waals surface area contributed by atoms with Crippen molar-refractivity contribution in [3.05, 3.63) is 64.1 Å². The lowest BCUT2D eigenvalue weighted by atomic mass is 10.2. The van der Waals surface area contributed by atoms with Gasteiger partial charge < -0.3 is 5.32 Å². The van der Waals surface area contributed by atoms with Crippen molar-refractivity contribution in [1.82, 2.24) is 4.98 Å². The molecule has 0 atom stereocenters. The highest BCUT2D eigenvalue weighted by Crippen LogP contribution is 2.23. The number of aryl methyl sites for hydroxylation is 1. The van der Waals surface area contributed by atoms with Crippen LogP contribution in [0.1, 0.15) is 10.6 Å². The molecule has 0 aliphatic rings. The monoisotopic (exact) mass is 328 g/mol. The van der Waals surface area contributed by atoms with E-state index in [9.17, 15) is 4.79 Å². The smallest absolute Gasteiger partial charge is 0.248 e. The molecule has 3 nitrogen and oxygen atoms in total. The van der Waals surface area contributed by atoms with Gasteiger partial charge in [-0.15, -0.1) is 11.3 Å². The van der Waals surface area contributed by atoms with E-state index in [1.165, 1.54) is 6.08 Å². The van der Waals surface area contributed by atoms with Gasteiger partial charge >= 0.3 is 0 Å². The van der Waals surface area contributed by atoms with Gasteiger partial charge in [0.25, 0.3) is 0 Å². The molecule has 0 unspecified atom stereocenters. The number of fused-ring (bicyclic) bond motifs is 1. The molecule has 0 saturated carbocycles. The second kappa shape index (κ2) is 6.30. The Morgan fingerprint density at radius 2 is 2.09 bits per heavy atom. The summed E-state index contributed by atoms with van der Waals surface area (Å²) >= 11 is 7.46. The molecule has 22 heavy (non-hydrogen) atoms. The molecular weight excluding hydrogens is 316 g/mol. The number of halogens is 1. The van der Waals surface area contributed by atoms with E-state index in [1.807, 2.05) is 37.3 Å².